The van der Waals surface area contributed by atoms with Crippen molar-refractivity contribution in [3.8, 4) is 0 Å². The minimum Gasteiger partial charge on any atom is -0.379 e. The highest BCUT2D eigenvalue weighted by atomic mass is 32.1. The third kappa shape index (κ3) is 4.63. The van der Waals surface area contributed by atoms with Gasteiger partial charge in [-0.3, -0.25) is 4.90 Å². The van der Waals surface area contributed by atoms with Crippen LogP contribution in [-0.4, -0.2) is 79.8 Å². The minimum absolute atomic E-state index is 0.0213. The molecule has 2 amide bonds. The van der Waals surface area contributed by atoms with Crippen LogP contribution in [0.25, 0.3) is 0 Å². The largest absolute Gasteiger partial charge is 0.379 e. The number of ether oxygens (including phenoxy) is 1. The summed E-state index contributed by atoms with van der Waals surface area (Å²) in [4.78, 5) is 23.7. The maximum Gasteiger partial charge on any atom is 0.317 e. The molecule has 28 heavy (non-hydrogen) atoms. The fourth-order valence-electron chi connectivity index (χ4n) is 3.79. The van der Waals surface area contributed by atoms with Crippen molar-refractivity contribution in [2.75, 3.05) is 63.9 Å². The molecule has 0 bridgehead atoms. The molecule has 1 N–H and O–H groups in total. The zero-order chi connectivity index (χ0) is 19.2. The lowest BCUT2D eigenvalue weighted by Crippen LogP contribution is -2.53. The molecule has 1 atom stereocenters. The minimum atomic E-state index is 0.0213. The molecule has 7 nitrogen and oxygen atoms in total. The van der Waals surface area contributed by atoms with E-state index in [0.29, 0.717) is 6.54 Å². The Morgan fingerprint density at radius 3 is 2.54 bits per heavy atom. The van der Waals surface area contributed by atoms with E-state index in [0.717, 1.165) is 57.6 Å². The molecule has 2 aromatic rings. The summed E-state index contributed by atoms with van der Waals surface area (Å²) in [6.07, 6.45) is 1.83. The summed E-state index contributed by atoms with van der Waals surface area (Å²) in [5, 5.41) is 6.20. The zero-order valence-electron chi connectivity index (χ0n) is 16.0. The number of morpholine rings is 1. The Balaban J connectivity index is 1.32. The van der Waals surface area contributed by atoms with E-state index in [9.17, 15) is 4.79 Å². The summed E-state index contributed by atoms with van der Waals surface area (Å²) in [5.74, 6) is 0. The van der Waals surface area contributed by atoms with Crippen LogP contribution in [0.4, 0.5) is 9.93 Å². The fraction of sp³-hybridized carbons (Fsp3) is 0.500. The van der Waals surface area contributed by atoms with Crippen molar-refractivity contribution in [1.82, 2.24) is 20.1 Å². The number of anilines is 1. The van der Waals surface area contributed by atoms with Crippen LogP contribution in [0, 0.1) is 0 Å². The smallest absolute Gasteiger partial charge is 0.317 e. The fourth-order valence-corrected chi connectivity index (χ4v) is 4.49. The van der Waals surface area contributed by atoms with Crippen LogP contribution in [0.1, 0.15) is 11.6 Å². The number of rotatable bonds is 5. The van der Waals surface area contributed by atoms with Crippen molar-refractivity contribution >= 4 is 22.5 Å². The second-order valence-corrected chi connectivity index (χ2v) is 7.92. The van der Waals surface area contributed by atoms with Gasteiger partial charge in [0.15, 0.2) is 5.13 Å². The average Bonchev–Trinajstić information content (AvgIpc) is 3.30. The lowest BCUT2D eigenvalue weighted by molar-refractivity contribution is 0.0164. The summed E-state index contributed by atoms with van der Waals surface area (Å²) in [7, 11) is 0. The molecule has 0 saturated carbocycles. The highest BCUT2D eigenvalue weighted by Crippen LogP contribution is 2.22. The number of benzene rings is 1. The number of nitrogens with zero attached hydrogens (tertiary/aromatic N) is 4. The lowest BCUT2D eigenvalue weighted by Gasteiger charge is -2.37. The number of piperazine rings is 1. The van der Waals surface area contributed by atoms with E-state index in [4.69, 9.17) is 4.74 Å². The lowest BCUT2D eigenvalue weighted by atomic mass is 10.0. The average molecular weight is 402 g/mol. The van der Waals surface area contributed by atoms with Gasteiger partial charge in [-0.2, -0.15) is 0 Å². The van der Waals surface area contributed by atoms with Gasteiger partial charge < -0.3 is 19.9 Å². The maximum absolute atomic E-state index is 12.7. The van der Waals surface area contributed by atoms with E-state index in [-0.39, 0.29) is 12.1 Å². The first-order valence-corrected chi connectivity index (χ1v) is 10.7. The van der Waals surface area contributed by atoms with E-state index in [1.807, 2.05) is 22.5 Å². The number of thiazole rings is 1. The quantitative estimate of drug-likeness (QED) is 0.831. The van der Waals surface area contributed by atoms with Crippen molar-refractivity contribution in [2.24, 2.45) is 0 Å². The number of urea groups is 1. The Bertz CT molecular complexity index is 728. The van der Waals surface area contributed by atoms with Gasteiger partial charge in [0.1, 0.15) is 0 Å². The molecular weight excluding hydrogens is 374 g/mol. The number of aromatic nitrogens is 1. The molecule has 150 valence electrons. The number of nitrogens with one attached hydrogen (secondary N) is 1. The Hall–Kier alpha value is -2.16. The van der Waals surface area contributed by atoms with Crippen LogP contribution in [0.15, 0.2) is 41.9 Å². The molecule has 0 unspecified atom stereocenters. The first-order chi connectivity index (χ1) is 13.8. The molecule has 3 heterocycles. The van der Waals surface area contributed by atoms with Gasteiger partial charge in [0.25, 0.3) is 0 Å². The van der Waals surface area contributed by atoms with Crippen molar-refractivity contribution in [3.63, 3.8) is 0 Å². The van der Waals surface area contributed by atoms with Crippen LogP contribution in [-0.2, 0) is 4.74 Å². The van der Waals surface area contributed by atoms with Crippen molar-refractivity contribution in [2.45, 2.75) is 6.04 Å². The summed E-state index contributed by atoms with van der Waals surface area (Å²) in [6, 6.07) is 10.6. The molecule has 2 fully saturated rings. The van der Waals surface area contributed by atoms with E-state index in [1.54, 1.807) is 11.3 Å². The SMILES string of the molecule is O=C(NC[C@@H](c1ccccc1)N1CCOCC1)N1CCN(c2nccs2)CC1. The van der Waals surface area contributed by atoms with E-state index >= 15 is 0 Å². The topological polar surface area (TPSA) is 60.9 Å². The first-order valence-electron chi connectivity index (χ1n) is 9.85. The summed E-state index contributed by atoms with van der Waals surface area (Å²) in [6.45, 7) is 6.97. The van der Waals surface area contributed by atoms with Crippen molar-refractivity contribution in [1.29, 1.82) is 0 Å². The second-order valence-electron chi connectivity index (χ2n) is 7.05. The Morgan fingerprint density at radius 2 is 1.86 bits per heavy atom. The molecule has 2 saturated heterocycles. The molecule has 0 aliphatic carbocycles. The van der Waals surface area contributed by atoms with Crippen LogP contribution < -0.4 is 10.2 Å². The van der Waals surface area contributed by atoms with Gasteiger partial charge >= 0.3 is 6.03 Å². The molecular formula is C20H27N5O2S. The number of hydrogen-bond donors (Lipinski definition) is 1. The van der Waals surface area contributed by atoms with E-state index in [2.05, 4.69) is 44.4 Å². The molecule has 2 aliphatic heterocycles. The Kier molecular flexibility index (Phi) is 6.41. The Morgan fingerprint density at radius 1 is 1.11 bits per heavy atom. The van der Waals surface area contributed by atoms with Gasteiger partial charge in [-0.05, 0) is 5.56 Å². The van der Waals surface area contributed by atoms with Crippen LogP contribution >= 0.6 is 11.3 Å². The van der Waals surface area contributed by atoms with Gasteiger partial charge in [0.05, 0.1) is 19.3 Å². The van der Waals surface area contributed by atoms with Crippen molar-refractivity contribution < 1.29 is 9.53 Å². The summed E-state index contributed by atoms with van der Waals surface area (Å²) >= 11 is 1.65. The molecule has 4 rings (SSSR count). The predicted octanol–water partition coefficient (Wildman–Crippen LogP) is 2.05. The van der Waals surface area contributed by atoms with Crippen LogP contribution in [0.3, 0.4) is 0 Å². The van der Waals surface area contributed by atoms with Gasteiger partial charge in [-0.15, -0.1) is 11.3 Å². The van der Waals surface area contributed by atoms with Gasteiger partial charge in [0.2, 0.25) is 0 Å². The number of carbonyl (C=O) groups is 1. The van der Waals surface area contributed by atoms with Gasteiger partial charge in [-0.25, -0.2) is 9.78 Å². The standard InChI is InChI=1S/C20H27N5O2S/c26-19(24-7-9-25(10-8-24)20-21-6-15-28-20)22-16-18(17-4-2-1-3-5-17)23-11-13-27-14-12-23/h1-6,15,18H,7-14,16H2,(H,22,26)/t18-/m0/s1. The molecule has 1 aromatic heterocycles. The van der Waals surface area contributed by atoms with E-state index in [1.165, 1.54) is 5.56 Å². The molecule has 8 heteroatoms. The zero-order valence-corrected chi connectivity index (χ0v) is 16.8. The molecule has 2 aliphatic rings. The molecule has 0 spiro atoms. The summed E-state index contributed by atoms with van der Waals surface area (Å²) in [5.41, 5.74) is 1.23. The summed E-state index contributed by atoms with van der Waals surface area (Å²) < 4.78 is 5.50. The third-order valence-electron chi connectivity index (χ3n) is 5.37. The second kappa shape index (κ2) is 9.36. The Labute approximate surface area is 169 Å². The van der Waals surface area contributed by atoms with Crippen LogP contribution in [0.2, 0.25) is 0 Å². The number of amides is 2. The predicted molar refractivity (Wildman–Crippen MR) is 111 cm³/mol. The highest BCUT2D eigenvalue weighted by molar-refractivity contribution is 7.13. The third-order valence-corrected chi connectivity index (χ3v) is 6.21. The normalized spacial score (nSPS) is 19.4. The monoisotopic (exact) mass is 401 g/mol. The number of hydrogen-bond acceptors (Lipinski definition) is 6. The van der Waals surface area contributed by atoms with Gasteiger partial charge in [0, 0.05) is 57.4 Å². The van der Waals surface area contributed by atoms with Crippen molar-refractivity contribution in [3.05, 3.63) is 47.5 Å². The van der Waals surface area contributed by atoms with E-state index < -0.39 is 0 Å². The molecule has 0 radical (unpaired) electrons. The number of carbonyl (C=O) groups excluding carboxylic acids is 1. The highest BCUT2D eigenvalue weighted by Gasteiger charge is 2.26. The first kappa shape index (κ1) is 19.2. The maximum atomic E-state index is 12.7. The van der Waals surface area contributed by atoms with Crippen LogP contribution in [0.5, 0.6) is 0 Å². The molecule has 1 aromatic carbocycles. The van der Waals surface area contributed by atoms with Gasteiger partial charge in [-0.1, -0.05) is 30.3 Å².